The van der Waals surface area contributed by atoms with Gasteiger partial charge in [-0.1, -0.05) is 11.6 Å². The summed E-state index contributed by atoms with van der Waals surface area (Å²) in [5, 5.41) is 2.55. The molecular formula is C20H16ClFN5NaO5S2. The average molecular weight is 548 g/mol. The summed E-state index contributed by atoms with van der Waals surface area (Å²) in [4.78, 5) is 40.1. The number of thiophene rings is 1. The summed E-state index contributed by atoms with van der Waals surface area (Å²) < 4.78 is 41.1. The molecule has 35 heavy (non-hydrogen) atoms. The van der Waals surface area contributed by atoms with E-state index in [-0.39, 0.29) is 67.5 Å². The zero-order chi connectivity index (χ0) is 24.8. The predicted octanol–water partition coefficient (Wildman–Crippen LogP) is -0.0348. The topological polar surface area (TPSA) is 147 Å². The third-order valence-electron chi connectivity index (χ3n) is 4.84. The van der Waals surface area contributed by atoms with E-state index in [0.717, 1.165) is 22.0 Å². The van der Waals surface area contributed by atoms with Crippen LogP contribution in [0.25, 0.3) is 16.6 Å². The van der Waals surface area contributed by atoms with Gasteiger partial charge in [0.2, 0.25) is 0 Å². The Labute approximate surface area is 230 Å². The molecule has 0 atom stereocenters. The number of aromatic amines is 1. The number of primary amides is 1. The van der Waals surface area contributed by atoms with Gasteiger partial charge in [0.05, 0.1) is 32.3 Å². The van der Waals surface area contributed by atoms with Crippen LogP contribution in [0, 0.1) is 5.82 Å². The molecular weight excluding hydrogens is 532 g/mol. The number of benzene rings is 2. The van der Waals surface area contributed by atoms with E-state index in [1.165, 1.54) is 49.5 Å². The monoisotopic (exact) mass is 547 g/mol. The molecule has 0 bridgehead atoms. The van der Waals surface area contributed by atoms with Gasteiger partial charge in [-0.15, -0.1) is 11.3 Å². The van der Waals surface area contributed by atoms with Gasteiger partial charge in [-0.25, -0.2) is 18.5 Å². The molecule has 0 aliphatic heterocycles. The van der Waals surface area contributed by atoms with Gasteiger partial charge in [-0.2, -0.15) is 12.7 Å². The molecule has 15 heteroatoms. The molecule has 0 unspecified atom stereocenters. The fraction of sp³-hybridized carbons (Fsp3) is 0.0500. The molecule has 2 aromatic heterocycles. The smallest absolute Gasteiger partial charge is 1.00 e. The maximum absolute atomic E-state index is 14.2. The number of nitrogens with two attached hydrogens (primary N) is 1. The Morgan fingerprint density at radius 3 is 2.40 bits per heavy atom. The first-order valence-corrected chi connectivity index (χ1v) is 12.0. The predicted molar refractivity (Wildman–Crippen MR) is 129 cm³/mol. The van der Waals surface area contributed by atoms with Gasteiger partial charge in [-0.3, -0.25) is 4.79 Å². The Kier molecular flexibility index (Phi) is 7.79. The summed E-state index contributed by atoms with van der Waals surface area (Å²) in [6.07, 6.45) is 0. The van der Waals surface area contributed by atoms with Gasteiger partial charge in [0.15, 0.2) is 0 Å². The maximum Gasteiger partial charge on any atom is 1.00 e. The zero-order valence-corrected chi connectivity index (χ0v) is 22.6. The molecule has 0 saturated carbocycles. The molecule has 2 aromatic carbocycles. The van der Waals surface area contributed by atoms with Gasteiger partial charge >= 0.3 is 41.3 Å². The van der Waals surface area contributed by atoms with E-state index in [1.54, 1.807) is 0 Å². The third kappa shape index (κ3) is 4.87. The van der Waals surface area contributed by atoms with Crippen LogP contribution in [0.1, 0.15) is 1.43 Å². The molecule has 4 N–H and O–H groups in total. The van der Waals surface area contributed by atoms with E-state index in [2.05, 4.69) is 10.3 Å². The number of anilines is 2. The minimum Gasteiger partial charge on any atom is -1.00 e. The number of carbonyl (C=O) groups is 1. The molecule has 0 fully saturated rings. The number of sulfonamides is 1. The minimum atomic E-state index is -4.36. The first-order valence-electron chi connectivity index (χ1n) is 9.41. The van der Waals surface area contributed by atoms with E-state index >= 15 is 0 Å². The first-order chi connectivity index (χ1) is 16.0. The molecule has 10 nitrogen and oxygen atoms in total. The number of nitrogens with one attached hydrogen (secondary N) is 2. The van der Waals surface area contributed by atoms with E-state index < -0.39 is 33.1 Å². The van der Waals surface area contributed by atoms with Gasteiger partial charge in [0.1, 0.15) is 10.0 Å². The van der Waals surface area contributed by atoms with Crippen molar-refractivity contribution in [2.45, 2.75) is 4.21 Å². The number of nitrogens with zero attached hydrogens (tertiary/aromatic N) is 2. The molecule has 0 spiro atoms. The number of rotatable bonds is 5. The normalized spacial score (nSPS) is 11.2. The maximum atomic E-state index is 14.2. The second-order valence-electron chi connectivity index (χ2n) is 6.88. The summed E-state index contributed by atoms with van der Waals surface area (Å²) in [6, 6.07) is 8.54. The second kappa shape index (κ2) is 10.1. The molecule has 2 amide bonds. The van der Waals surface area contributed by atoms with E-state index in [9.17, 15) is 27.2 Å². The van der Waals surface area contributed by atoms with Crippen LogP contribution in [-0.2, 0) is 10.0 Å². The van der Waals surface area contributed by atoms with Crippen molar-refractivity contribution in [1.29, 1.82) is 0 Å². The Hall–Kier alpha value is -2.68. The standard InChI is InChI=1S/C20H15ClFN5O5S2.Na.H/c1-24-15-9-14-12(8-13(15)22)18(28)26(20(30)25-14)10-2-4-11(5-3-10)27(19(23)29)34(31,32)17-7-6-16(21)33-17;;/h2-9,24H,1H3,(H2,23,29)(H,25,30);;/q;+1;-1. The number of hydrogen-bond donors (Lipinski definition) is 3. The SMILES string of the molecule is CNc1cc2[nH]c(=O)n(-c3ccc(N(C(N)=O)S(=O)(=O)c4ccc(Cl)s4)cc3)c(=O)c2cc1F.[H-].[Na+]. The van der Waals surface area contributed by atoms with Crippen LogP contribution in [-0.4, -0.2) is 31.0 Å². The van der Waals surface area contributed by atoms with Crippen molar-refractivity contribution in [2.75, 3.05) is 16.7 Å². The van der Waals surface area contributed by atoms with Crippen LogP contribution in [0.3, 0.4) is 0 Å². The Morgan fingerprint density at radius 2 is 1.86 bits per heavy atom. The number of H-pyrrole nitrogens is 1. The third-order valence-corrected chi connectivity index (χ3v) is 8.26. The van der Waals surface area contributed by atoms with Crippen molar-refractivity contribution in [2.24, 2.45) is 5.73 Å². The number of hydrogen-bond acceptors (Lipinski definition) is 7. The Balaban J connectivity index is 0.00000228. The fourth-order valence-corrected chi connectivity index (χ4v) is 6.20. The summed E-state index contributed by atoms with van der Waals surface area (Å²) in [6.45, 7) is 0. The summed E-state index contributed by atoms with van der Waals surface area (Å²) in [5.41, 5.74) is 3.89. The van der Waals surface area contributed by atoms with Crippen LogP contribution in [0.4, 0.5) is 20.6 Å². The number of urea groups is 1. The molecule has 0 aliphatic carbocycles. The van der Waals surface area contributed by atoms with Crippen LogP contribution < -0.4 is 56.2 Å². The summed E-state index contributed by atoms with van der Waals surface area (Å²) >= 11 is 6.56. The van der Waals surface area contributed by atoms with Gasteiger partial charge in [0.25, 0.3) is 15.6 Å². The van der Waals surface area contributed by atoms with Gasteiger partial charge in [0, 0.05) is 7.05 Å². The van der Waals surface area contributed by atoms with Gasteiger partial charge < -0.3 is 17.5 Å². The Morgan fingerprint density at radius 1 is 1.20 bits per heavy atom. The summed E-state index contributed by atoms with van der Waals surface area (Å²) in [7, 11) is -2.86. The van der Waals surface area contributed by atoms with Crippen molar-refractivity contribution >= 4 is 61.3 Å². The largest absolute Gasteiger partial charge is 1.00 e. The molecule has 4 rings (SSSR count). The summed E-state index contributed by atoms with van der Waals surface area (Å²) in [5.74, 6) is -0.683. The molecule has 0 radical (unpaired) electrons. The van der Waals surface area contributed by atoms with Crippen LogP contribution in [0.2, 0.25) is 4.34 Å². The van der Waals surface area contributed by atoms with Crippen LogP contribution in [0.15, 0.2) is 62.3 Å². The van der Waals surface area contributed by atoms with Crippen molar-refractivity contribution in [3.63, 3.8) is 0 Å². The number of halogens is 2. The van der Waals surface area contributed by atoms with Crippen molar-refractivity contribution in [1.82, 2.24) is 9.55 Å². The fourth-order valence-electron chi connectivity index (χ4n) is 3.31. The van der Waals surface area contributed by atoms with Crippen molar-refractivity contribution in [3.05, 3.63) is 79.5 Å². The minimum absolute atomic E-state index is 0. The van der Waals surface area contributed by atoms with E-state index in [4.69, 9.17) is 17.3 Å². The zero-order valence-electron chi connectivity index (χ0n) is 19.2. The Bertz CT molecular complexity index is 1670. The van der Waals surface area contributed by atoms with Crippen molar-refractivity contribution in [3.8, 4) is 5.69 Å². The molecule has 4 aromatic rings. The molecule has 0 saturated heterocycles. The second-order valence-corrected chi connectivity index (χ2v) is 10.6. The van der Waals surface area contributed by atoms with Gasteiger partial charge in [-0.05, 0) is 48.5 Å². The van der Waals surface area contributed by atoms with Crippen molar-refractivity contribution < 1.29 is 48.6 Å². The number of carbonyl (C=O) groups excluding carboxylic acids is 1. The van der Waals surface area contributed by atoms with E-state index in [0.29, 0.717) is 4.31 Å². The average Bonchev–Trinajstić information content (AvgIpc) is 3.22. The molecule has 178 valence electrons. The number of aromatic nitrogens is 2. The quantitative estimate of drug-likeness (QED) is 0.299. The van der Waals surface area contributed by atoms with Crippen LogP contribution in [0.5, 0.6) is 0 Å². The van der Waals surface area contributed by atoms with E-state index in [1.807, 2.05) is 0 Å². The number of amides is 2. The number of fused-ring (bicyclic) bond motifs is 1. The first kappa shape index (κ1) is 26.9. The molecule has 0 aliphatic rings. The molecule has 2 heterocycles. The van der Waals surface area contributed by atoms with Crippen LogP contribution >= 0.6 is 22.9 Å².